The van der Waals surface area contributed by atoms with Gasteiger partial charge < -0.3 is 18.9 Å². The first-order chi connectivity index (χ1) is 12.8. The van der Waals surface area contributed by atoms with Crippen LogP contribution in [0.15, 0.2) is 47.8 Å². The normalized spacial score (nSPS) is 13.1. The highest BCUT2D eigenvalue weighted by Crippen LogP contribution is 2.34. The third-order valence-electron chi connectivity index (χ3n) is 4.02. The molecule has 1 aliphatic rings. The van der Waals surface area contributed by atoms with Crippen LogP contribution in [-0.4, -0.2) is 25.3 Å². The predicted octanol–water partition coefficient (Wildman–Crippen LogP) is 4.56. The third-order valence-corrected chi connectivity index (χ3v) is 4.84. The van der Waals surface area contributed by atoms with Crippen LogP contribution in [0.5, 0.6) is 23.0 Å². The highest BCUT2D eigenvalue weighted by Gasteiger charge is 2.13. The van der Waals surface area contributed by atoms with Gasteiger partial charge in [-0.1, -0.05) is 0 Å². The van der Waals surface area contributed by atoms with Crippen LogP contribution in [0, 0.1) is 0 Å². The lowest BCUT2D eigenvalue weighted by Crippen LogP contribution is -1.97. The van der Waals surface area contributed by atoms with Crippen molar-refractivity contribution in [2.24, 2.45) is 0 Å². The van der Waals surface area contributed by atoms with Gasteiger partial charge in [0.25, 0.3) is 0 Å². The van der Waals surface area contributed by atoms with E-state index in [1.165, 1.54) is 0 Å². The summed E-state index contributed by atoms with van der Waals surface area (Å²) in [4.78, 5) is 4.67. The molecule has 2 heterocycles. The van der Waals surface area contributed by atoms with E-state index in [4.69, 9.17) is 18.9 Å². The Kier molecular flexibility index (Phi) is 4.93. The van der Waals surface area contributed by atoms with Gasteiger partial charge >= 0.3 is 0 Å². The Morgan fingerprint density at radius 2 is 1.77 bits per heavy atom. The van der Waals surface area contributed by atoms with Crippen molar-refractivity contribution in [1.82, 2.24) is 4.98 Å². The number of ether oxygens (including phenoxy) is 4. The molecule has 1 aliphatic heterocycles. The highest BCUT2D eigenvalue weighted by atomic mass is 32.1. The number of hydrogen-bond acceptors (Lipinski definition) is 6. The van der Waals surface area contributed by atoms with Gasteiger partial charge in [0.05, 0.1) is 26.0 Å². The summed E-state index contributed by atoms with van der Waals surface area (Å²) in [5, 5.41) is 2.95. The van der Waals surface area contributed by atoms with Gasteiger partial charge in [-0.2, -0.15) is 0 Å². The summed E-state index contributed by atoms with van der Waals surface area (Å²) in [6, 6.07) is 13.5. The number of thiazole rings is 1. The van der Waals surface area contributed by atoms with E-state index < -0.39 is 0 Å². The standard InChI is InChI=1S/C20H19NO4S/c1-22-15-4-6-16(7-5-15)25-12-20-21-17(13-26-20)14-3-8-18-19(11-14)24-10-2-9-23-18/h3-8,11,13H,2,9-10,12H2,1H3. The van der Waals surface area contributed by atoms with E-state index in [0.717, 1.165) is 45.7 Å². The van der Waals surface area contributed by atoms with E-state index in [1.54, 1.807) is 18.4 Å². The molecule has 134 valence electrons. The molecule has 0 saturated carbocycles. The lowest BCUT2D eigenvalue weighted by Gasteiger charge is -2.08. The molecule has 6 heteroatoms. The molecule has 0 radical (unpaired) electrons. The molecule has 0 atom stereocenters. The number of hydrogen-bond donors (Lipinski definition) is 0. The minimum atomic E-state index is 0.432. The summed E-state index contributed by atoms with van der Waals surface area (Å²) in [5.41, 5.74) is 1.93. The molecule has 5 nitrogen and oxygen atoms in total. The van der Waals surface area contributed by atoms with Crippen LogP contribution in [0.1, 0.15) is 11.4 Å². The largest absolute Gasteiger partial charge is 0.497 e. The summed E-state index contributed by atoms with van der Waals surface area (Å²) in [7, 11) is 1.65. The number of rotatable bonds is 5. The first kappa shape index (κ1) is 16.7. The summed E-state index contributed by atoms with van der Waals surface area (Å²) >= 11 is 1.58. The maximum atomic E-state index is 5.80. The molecule has 0 fully saturated rings. The number of methoxy groups -OCH3 is 1. The van der Waals surface area contributed by atoms with Crippen molar-refractivity contribution < 1.29 is 18.9 Å². The van der Waals surface area contributed by atoms with Gasteiger partial charge in [0.1, 0.15) is 23.1 Å². The van der Waals surface area contributed by atoms with Crippen molar-refractivity contribution in [2.45, 2.75) is 13.0 Å². The summed E-state index contributed by atoms with van der Waals surface area (Å²) in [6.07, 6.45) is 0.896. The summed E-state index contributed by atoms with van der Waals surface area (Å²) in [6.45, 7) is 1.80. The number of benzene rings is 2. The monoisotopic (exact) mass is 369 g/mol. The van der Waals surface area contributed by atoms with Gasteiger partial charge in [-0.15, -0.1) is 11.3 Å². The zero-order valence-electron chi connectivity index (χ0n) is 14.4. The zero-order chi connectivity index (χ0) is 17.8. The second kappa shape index (κ2) is 7.66. The van der Waals surface area contributed by atoms with E-state index in [1.807, 2.05) is 47.8 Å². The molecule has 4 rings (SSSR count). The van der Waals surface area contributed by atoms with Crippen molar-refractivity contribution in [1.29, 1.82) is 0 Å². The van der Waals surface area contributed by atoms with E-state index in [-0.39, 0.29) is 0 Å². The van der Waals surface area contributed by atoms with Gasteiger partial charge in [-0.3, -0.25) is 0 Å². The number of nitrogens with zero attached hydrogens (tertiary/aromatic N) is 1. The molecule has 1 aromatic heterocycles. The van der Waals surface area contributed by atoms with Crippen molar-refractivity contribution in [3.05, 3.63) is 52.9 Å². The fourth-order valence-corrected chi connectivity index (χ4v) is 3.36. The van der Waals surface area contributed by atoms with Crippen LogP contribution >= 0.6 is 11.3 Å². The van der Waals surface area contributed by atoms with E-state index in [2.05, 4.69) is 4.98 Å². The van der Waals surface area contributed by atoms with E-state index >= 15 is 0 Å². The summed E-state index contributed by atoms with van der Waals surface area (Å²) in [5.74, 6) is 3.18. The average Bonchev–Trinajstić information content (AvgIpc) is 3.04. The first-order valence-electron chi connectivity index (χ1n) is 8.43. The number of aromatic nitrogens is 1. The van der Waals surface area contributed by atoms with E-state index in [0.29, 0.717) is 19.8 Å². The Balaban J connectivity index is 1.45. The van der Waals surface area contributed by atoms with Crippen LogP contribution in [0.25, 0.3) is 11.3 Å². The maximum absolute atomic E-state index is 5.80. The molecule has 0 bridgehead atoms. The topological polar surface area (TPSA) is 49.8 Å². The Morgan fingerprint density at radius 1 is 1.00 bits per heavy atom. The molecule has 3 aromatic rings. The van der Waals surface area contributed by atoms with Gasteiger partial charge in [-0.05, 0) is 42.5 Å². The molecule has 2 aromatic carbocycles. The average molecular weight is 369 g/mol. The Bertz CT molecular complexity index is 876. The molecular formula is C20H19NO4S. The maximum Gasteiger partial charge on any atom is 0.161 e. The van der Waals surface area contributed by atoms with Crippen molar-refractivity contribution in [3.63, 3.8) is 0 Å². The quantitative estimate of drug-likeness (QED) is 0.660. The van der Waals surface area contributed by atoms with Crippen LogP contribution in [0.4, 0.5) is 0 Å². The zero-order valence-corrected chi connectivity index (χ0v) is 15.3. The molecule has 0 spiro atoms. The molecule has 0 unspecified atom stereocenters. The summed E-state index contributed by atoms with van der Waals surface area (Å²) < 4.78 is 22.4. The van der Waals surface area contributed by atoms with Crippen LogP contribution in [0.3, 0.4) is 0 Å². The SMILES string of the molecule is COc1ccc(OCc2nc(-c3ccc4c(c3)OCCCO4)cs2)cc1. The minimum absolute atomic E-state index is 0.432. The third kappa shape index (κ3) is 3.75. The van der Waals surface area contributed by atoms with E-state index in [9.17, 15) is 0 Å². The predicted molar refractivity (Wildman–Crippen MR) is 100 cm³/mol. The van der Waals surface area contributed by atoms with Crippen LogP contribution in [0.2, 0.25) is 0 Å². The molecule has 0 amide bonds. The van der Waals surface area contributed by atoms with Gasteiger partial charge in [0, 0.05) is 17.4 Å². The highest BCUT2D eigenvalue weighted by molar-refractivity contribution is 7.09. The van der Waals surface area contributed by atoms with Crippen molar-refractivity contribution >= 4 is 11.3 Å². The molecule has 0 saturated heterocycles. The van der Waals surface area contributed by atoms with Crippen molar-refractivity contribution in [3.8, 4) is 34.3 Å². The molecule has 26 heavy (non-hydrogen) atoms. The minimum Gasteiger partial charge on any atom is -0.497 e. The first-order valence-corrected chi connectivity index (χ1v) is 9.31. The fourth-order valence-electron chi connectivity index (χ4n) is 2.65. The number of fused-ring (bicyclic) bond motifs is 1. The Hall–Kier alpha value is -2.73. The Morgan fingerprint density at radius 3 is 2.58 bits per heavy atom. The second-order valence-electron chi connectivity index (χ2n) is 5.80. The van der Waals surface area contributed by atoms with Crippen LogP contribution < -0.4 is 18.9 Å². The second-order valence-corrected chi connectivity index (χ2v) is 6.75. The fraction of sp³-hybridized carbons (Fsp3) is 0.250. The van der Waals surface area contributed by atoms with Crippen molar-refractivity contribution in [2.75, 3.05) is 20.3 Å². The van der Waals surface area contributed by atoms with Gasteiger partial charge in [0.15, 0.2) is 11.5 Å². The molecule has 0 aliphatic carbocycles. The lowest BCUT2D eigenvalue weighted by molar-refractivity contribution is 0.297. The van der Waals surface area contributed by atoms with Gasteiger partial charge in [-0.25, -0.2) is 4.98 Å². The Labute approximate surface area is 156 Å². The van der Waals surface area contributed by atoms with Crippen LogP contribution in [-0.2, 0) is 6.61 Å². The smallest absolute Gasteiger partial charge is 0.161 e. The molecular weight excluding hydrogens is 350 g/mol. The molecule has 0 N–H and O–H groups in total. The van der Waals surface area contributed by atoms with Gasteiger partial charge in [0.2, 0.25) is 0 Å². The lowest BCUT2D eigenvalue weighted by atomic mass is 10.1.